The number of hydrogen-bond donors (Lipinski definition) is 1. The highest BCUT2D eigenvalue weighted by atomic mass is 79.9. The number of alkyl halides is 4. The van der Waals surface area contributed by atoms with Crippen molar-refractivity contribution in [2.75, 3.05) is 11.9 Å². The Kier molecular flexibility index (Phi) is 19.5. The van der Waals surface area contributed by atoms with E-state index < -0.39 is 17.7 Å². The topological polar surface area (TPSA) is 113 Å². The number of hydrogen-bond acceptors (Lipinski definition) is 7. The van der Waals surface area contributed by atoms with E-state index in [1.165, 1.54) is 44.1 Å². The second-order valence-electron chi connectivity index (χ2n) is 14.7. The van der Waals surface area contributed by atoms with E-state index in [2.05, 4.69) is 50.1 Å². The summed E-state index contributed by atoms with van der Waals surface area (Å²) in [7, 11) is 0. The predicted octanol–water partition coefficient (Wildman–Crippen LogP) is 5.53. The number of terminal acetylenes is 2. The number of ether oxygens (including phenoxy) is 2. The third-order valence-corrected chi connectivity index (χ3v) is 8.80. The predicted molar refractivity (Wildman–Crippen MR) is 190 cm³/mol. The Balaban J connectivity index is 0.000000366. The van der Waals surface area contributed by atoms with Crippen LogP contribution in [0.1, 0.15) is 119 Å². The largest absolute Gasteiger partial charge is 0.542 e. The molecule has 0 aromatic rings. The van der Waals surface area contributed by atoms with Gasteiger partial charge in [-0.3, -0.25) is 14.5 Å². The van der Waals surface area contributed by atoms with Crippen LogP contribution in [-0.2, 0) is 23.9 Å². The second kappa shape index (κ2) is 21.5. The Morgan fingerprint density at radius 1 is 0.860 bits per heavy atom. The Morgan fingerprint density at radius 3 is 1.88 bits per heavy atom. The Morgan fingerprint density at radius 2 is 1.38 bits per heavy atom. The molecule has 4 bridgehead atoms. The van der Waals surface area contributed by atoms with E-state index in [0.29, 0.717) is 31.0 Å². The van der Waals surface area contributed by atoms with Crippen LogP contribution >= 0.6 is 15.9 Å². The molecule has 0 amide bonds. The third-order valence-electron chi connectivity index (χ3n) is 8.24. The number of carboxylic acids is 1. The lowest BCUT2D eigenvalue weighted by Gasteiger charge is -2.28. The molecule has 0 aromatic carbocycles. The van der Waals surface area contributed by atoms with Crippen molar-refractivity contribution in [2.45, 2.75) is 160 Å². The van der Waals surface area contributed by atoms with E-state index in [-0.39, 0.29) is 17.5 Å². The number of rotatable bonds is 7. The van der Waals surface area contributed by atoms with E-state index in [1.807, 2.05) is 41.5 Å². The molecular weight excluding hydrogens is 717 g/mol. The summed E-state index contributed by atoms with van der Waals surface area (Å²) in [5.41, 5.74) is 1.65. The van der Waals surface area contributed by atoms with Crippen LogP contribution in [0.4, 0.5) is 13.2 Å². The van der Waals surface area contributed by atoms with E-state index in [1.54, 1.807) is 0 Å². The highest BCUT2D eigenvalue weighted by Crippen LogP contribution is 2.34. The Hall–Kier alpha value is -2.80. The van der Waals surface area contributed by atoms with Gasteiger partial charge in [-0.05, 0) is 93.0 Å². The number of fused-ring (bicyclic) bond motifs is 4. The SMILES string of the molecule is C#CC1=CCC[C@H]2CCC1N2CCCC(=O)OC(C)(C)C.C#CC1=CCC[C@H]2CCC1[NH2+]2.CC(C)(C)OC(=O)CCCBr.O=C([O-])C(F)(F)F. The van der Waals surface area contributed by atoms with Crippen molar-refractivity contribution >= 4 is 33.8 Å². The van der Waals surface area contributed by atoms with Crippen LogP contribution in [0.15, 0.2) is 23.3 Å². The molecule has 2 N–H and O–H groups in total. The lowest BCUT2D eigenvalue weighted by molar-refractivity contribution is -0.693. The van der Waals surface area contributed by atoms with Crippen molar-refractivity contribution in [1.82, 2.24) is 4.90 Å². The fourth-order valence-corrected chi connectivity index (χ4v) is 6.51. The molecule has 8 nitrogen and oxygen atoms in total. The maximum Gasteiger partial charge on any atom is 0.430 e. The summed E-state index contributed by atoms with van der Waals surface area (Å²) in [4.78, 5) is 34.1. The van der Waals surface area contributed by atoms with Crippen LogP contribution in [0, 0.1) is 24.7 Å². The summed E-state index contributed by atoms with van der Waals surface area (Å²) in [6.07, 6.45) is 22.9. The zero-order valence-electron chi connectivity index (χ0n) is 30.5. The molecule has 4 atom stereocenters. The summed E-state index contributed by atoms with van der Waals surface area (Å²) in [5.74, 6) is 2.44. The number of carbonyl (C=O) groups is 3. The molecule has 0 radical (unpaired) electrons. The van der Waals surface area contributed by atoms with Gasteiger partial charge in [-0.15, -0.1) is 12.8 Å². The van der Waals surface area contributed by atoms with E-state index >= 15 is 0 Å². The molecule has 4 aliphatic heterocycles. The number of nitrogens with two attached hydrogens (primary N) is 1. The van der Waals surface area contributed by atoms with E-state index in [0.717, 1.165) is 49.2 Å². The van der Waals surface area contributed by atoms with Gasteiger partial charge in [0.05, 0.1) is 11.6 Å². The highest BCUT2D eigenvalue weighted by molar-refractivity contribution is 9.09. The highest BCUT2D eigenvalue weighted by Gasteiger charge is 2.36. The fourth-order valence-electron chi connectivity index (χ4n) is 6.23. The van der Waals surface area contributed by atoms with E-state index in [4.69, 9.17) is 32.2 Å². The van der Waals surface area contributed by atoms with Crippen molar-refractivity contribution in [1.29, 1.82) is 0 Å². The van der Waals surface area contributed by atoms with Crippen molar-refractivity contribution in [3.05, 3.63) is 23.3 Å². The average molecular weight is 774 g/mol. The number of esters is 2. The van der Waals surface area contributed by atoms with Crippen LogP contribution in [0.2, 0.25) is 0 Å². The van der Waals surface area contributed by atoms with Gasteiger partial charge in [0, 0.05) is 55.1 Å². The third kappa shape index (κ3) is 18.4. The van der Waals surface area contributed by atoms with Gasteiger partial charge in [0.25, 0.3) is 0 Å². The van der Waals surface area contributed by atoms with Gasteiger partial charge in [0.15, 0.2) is 0 Å². The van der Waals surface area contributed by atoms with Gasteiger partial charge in [-0.25, -0.2) is 0 Å². The monoisotopic (exact) mass is 772 g/mol. The molecule has 4 rings (SSSR count). The first-order valence-electron chi connectivity index (χ1n) is 17.4. The van der Waals surface area contributed by atoms with Gasteiger partial charge < -0.3 is 24.7 Å². The molecule has 0 spiro atoms. The molecule has 4 heterocycles. The molecule has 50 heavy (non-hydrogen) atoms. The van der Waals surface area contributed by atoms with Gasteiger partial charge >= 0.3 is 18.1 Å². The number of quaternary nitrogens is 1. The summed E-state index contributed by atoms with van der Waals surface area (Å²) in [5, 5.41) is 12.1. The fraction of sp³-hybridized carbons (Fsp3) is 0.711. The minimum atomic E-state index is -5.19. The zero-order chi connectivity index (χ0) is 38.1. The molecule has 0 aromatic heterocycles. The average Bonchev–Trinajstić information content (AvgIpc) is 3.49. The molecule has 12 heteroatoms. The maximum absolute atomic E-state index is 11.8. The maximum atomic E-state index is 11.8. The minimum Gasteiger partial charge on any atom is -0.542 e. The number of halogens is 4. The van der Waals surface area contributed by atoms with E-state index in [9.17, 15) is 22.8 Å². The molecule has 282 valence electrons. The first-order valence-corrected chi connectivity index (χ1v) is 18.5. The Labute approximate surface area is 305 Å². The van der Waals surface area contributed by atoms with Crippen LogP contribution < -0.4 is 10.4 Å². The molecule has 2 unspecified atom stereocenters. The zero-order valence-corrected chi connectivity index (χ0v) is 32.1. The smallest absolute Gasteiger partial charge is 0.430 e. The van der Waals surface area contributed by atoms with Crippen LogP contribution in [0.25, 0.3) is 0 Å². The van der Waals surface area contributed by atoms with Gasteiger partial charge in [-0.2, -0.15) is 13.2 Å². The number of nitrogens with zero attached hydrogens (tertiary/aromatic N) is 1. The van der Waals surface area contributed by atoms with Crippen molar-refractivity contribution < 1.29 is 47.5 Å². The Bertz CT molecular complexity index is 1250. The number of aliphatic carboxylic acids is 1. The van der Waals surface area contributed by atoms with Crippen LogP contribution in [0.5, 0.6) is 0 Å². The van der Waals surface area contributed by atoms with Gasteiger partial charge in [0.1, 0.15) is 23.2 Å². The molecule has 2 fully saturated rings. The second-order valence-corrected chi connectivity index (χ2v) is 15.5. The lowest BCUT2D eigenvalue weighted by atomic mass is 10.0. The summed E-state index contributed by atoms with van der Waals surface area (Å²) in [6.45, 7) is 12.3. The molecule has 0 saturated carbocycles. The molecule has 0 aliphatic carbocycles. The van der Waals surface area contributed by atoms with Crippen LogP contribution in [-0.4, -0.2) is 76.2 Å². The molecule has 2 saturated heterocycles. The van der Waals surface area contributed by atoms with Crippen molar-refractivity contribution in [2.24, 2.45) is 0 Å². The molecule has 4 aliphatic rings. The summed E-state index contributed by atoms with van der Waals surface area (Å²) >= 11 is 3.25. The van der Waals surface area contributed by atoms with Crippen LogP contribution in [0.3, 0.4) is 0 Å². The number of allylic oxidation sites excluding steroid dienone is 2. The normalized spacial score (nSPS) is 22.8. The quantitative estimate of drug-likeness (QED) is 0.206. The number of carbonyl (C=O) groups excluding carboxylic acids is 3. The first-order chi connectivity index (χ1) is 23.2. The number of carboxylic acid groups (broad SMARTS) is 1. The van der Waals surface area contributed by atoms with Crippen molar-refractivity contribution in [3.8, 4) is 24.7 Å². The summed E-state index contributed by atoms with van der Waals surface area (Å²) in [6, 6.07) is 2.53. The van der Waals surface area contributed by atoms with Crippen molar-refractivity contribution in [3.63, 3.8) is 0 Å². The first kappa shape index (κ1) is 45.2. The molecular formula is C38H56BrF3N2O6. The lowest BCUT2D eigenvalue weighted by Crippen LogP contribution is -2.91. The van der Waals surface area contributed by atoms with Gasteiger partial charge in [-0.1, -0.05) is 39.9 Å². The van der Waals surface area contributed by atoms with Gasteiger partial charge in [0.2, 0.25) is 0 Å². The summed E-state index contributed by atoms with van der Waals surface area (Å²) < 4.78 is 42.0. The minimum absolute atomic E-state index is 0.0996. The standard InChI is InChI=1S/C18H27NO2.C10H13N.C8H15BrO2.C2HF3O2/c1-5-14-8-6-9-15-11-12-16(14)19(15)13-7-10-17(20)21-18(2,3)4;1-2-8-4-3-5-9-6-7-10(8)11-9;1-8(2,3)11-7(10)5-4-6-9;3-2(4,5)1(6)7/h1,8,15-16H,6-7,9-13H2,2-4H3;1,4,9-11H,3,5-7H2;4-6H2,1-3H3;(H,6,7)/t15-,16?;9-,10?;;/m00../s1.